The number of nitrogens with one attached hydrogen (secondary N) is 1. The summed E-state index contributed by atoms with van der Waals surface area (Å²) >= 11 is 1.79. The summed E-state index contributed by atoms with van der Waals surface area (Å²) < 4.78 is 6.91. The van der Waals surface area contributed by atoms with E-state index in [4.69, 9.17) is 10.6 Å². The SMILES string of the molecule is NNC(c1csc2ccccc12)C1CCCOC1. The highest BCUT2D eigenvalue weighted by Gasteiger charge is 2.26. The quantitative estimate of drug-likeness (QED) is 0.660. The molecule has 96 valence electrons. The lowest BCUT2D eigenvalue weighted by molar-refractivity contribution is 0.0393. The highest BCUT2D eigenvalue weighted by atomic mass is 32.1. The number of ether oxygens (including phenoxy) is 1. The van der Waals surface area contributed by atoms with Gasteiger partial charge in [0.1, 0.15) is 0 Å². The van der Waals surface area contributed by atoms with Crippen molar-refractivity contribution in [2.45, 2.75) is 18.9 Å². The smallest absolute Gasteiger partial charge is 0.0524 e. The minimum atomic E-state index is 0.196. The molecule has 0 aliphatic carbocycles. The Labute approximate surface area is 111 Å². The highest BCUT2D eigenvalue weighted by Crippen LogP contribution is 2.35. The predicted molar refractivity (Wildman–Crippen MR) is 75.4 cm³/mol. The summed E-state index contributed by atoms with van der Waals surface area (Å²) in [5.74, 6) is 6.26. The van der Waals surface area contributed by atoms with E-state index in [1.165, 1.54) is 22.1 Å². The fourth-order valence-electron chi connectivity index (χ4n) is 2.75. The van der Waals surface area contributed by atoms with Crippen molar-refractivity contribution in [3.8, 4) is 0 Å². The van der Waals surface area contributed by atoms with Crippen LogP contribution in [0.3, 0.4) is 0 Å². The number of nitrogens with two attached hydrogens (primary N) is 1. The number of benzene rings is 1. The largest absolute Gasteiger partial charge is 0.381 e. The Bertz CT molecular complexity index is 519. The van der Waals surface area contributed by atoms with Gasteiger partial charge < -0.3 is 4.74 Å². The molecule has 2 atom stereocenters. The summed E-state index contributed by atoms with van der Waals surface area (Å²) in [5, 5.41) is 3.54. The Hall–Kier alpha value is -0.940. The van der Waals surface area contributed by atoms with Crippen molar-refractivity contribution in [2.24, 2.45) is 11.8 Å². The zero-order valence-electron chi connectivity index (χ0n) is 10.3. The number of hydrogen-bond acceptors (Lipinski definition) is 4. The van der Waals surface area contributed by atoms with Gasteiger partial charge >= 0.3 is 0 Å². The summed E-state index contributed by atoms with van der Waals surface area (Å²) in [6.45, 7) is 1.69. The van der Waals surface area contributed by atoms with Gasteiger partial charge in [0.2, 0.25) is 0 Å². The van der Waals surface area contributed by atoms with Gasteiger partial charge in [-0.2, -0.15) is 0 Å². The molecule has 1 aromatic heterocycles. The van der Waals surface area contributed by atoms with Crippen molar-refractivity contribution < 1.29 is 4.74 Å². The first-order valence-corrected chi connectivity index (χ1v) is 7.28. The van der Waals surface area contributed by atoms with E-state index in [-0.39, 0.29) is 6.04 Å². The second kappa shape index (κ2) is 5.36. The first-order valence-electron chi connectivity index (χ1n) is 6.40. The third kappa shape index (κ3) is 2.17. The summed E-state index contributed by atoms with van der Waals surface area (Å²) in [5.41, 5.74) is 4.31. The topological polar surface area (TPSA) is 47.3 Å². The van der Waals surface area contributed by atoms with Crippen molar-refractivity contribution in [3.63, 3.8) is 0 Å². The van der Waals surface area contributed by atoms with E-state index in [0.717, 1.165) is 19.6 Å². The lowest BCUT2D eigenvalue weighted by Gasteiger charge is -2.29. The van der Waals surface area contributed by atoms with Gasteiger partial charge in [0.25, 0.3) is 0 Å². The molecule has 0 saturated carbocycles. The van der Waals surface area contributed by atoms with Crippen LogP contribution in [0.25, 0.3) is 10.1 Å². The van der Waals surface area contributed by atoms with Crippen LogP contribution in [0.5, 0.6) is 0 Å². The van der Waals surface area contributed by atoms with Gasteiger partial charge in [-0.05, 0) is 35.2 Å². The summed E-state index contributed by atoms with van der Waals surface area (Å²) in [7, 11) is 0. The van der Waals surface area contributed by atoms with Crippen molar-refractivity contribution in [3.05, 3.63) is 35.2 Å². The molecule has 18 heavy (non-hydrogen) atoms. The molecule has 0 radical (unpaired) electrons. The fourth-order valence-corrected chi connectivity index (χ4v) is 3.74. The van der Waals surface area contributed by atoms with Gasteiger partial charge in [-0.3, -0.25) is 11.3 Å². The third-order valence-corrected chi connectivity index (χ3v) is 4.67. The van der Waals surface area contributed by atoms with E-state index in [1.54, 1.807) is 11.3 Å². The Morgan fingerprint density at radius 2 is 2.28 bits per heavy atom. The molecule has 0 amide bonds. The molecule has 1 aromatic carbocycles. The number of fused-ring (bicyclic) bond motifs is 1. The van der Waals surface area contributed by atoms with E-state index in [1.807, 2.05) is 0 Å². The molecule has 4 heteroatoms. The lowest BCUT2D eigenvalue weighted by atomic mass is 9.89. The van der Waals surface area contributed by atoms with Crippen LogP contribution in [-0.4, -0.2) is 13.2 Å². The zero-order valence-corrected chi connectivity index (χ0v) is 11.1. The van der Waals surface area contributed by atoms with Gasteiger partial charge in [-0.1, -0.05) is 18.2 Å². The standard InChI is InChI=1S/C14H18N2OS/c15-16-14(10-4-3-7-17-8-10)12-9-18-13-6-2-1-5-11(12)13/h1-2,5-6,9-10,14,16H,3-4,7-8,15H2. The summed E-state index contributed by atoms with van der Waals surface area (Å²) in [6.07, 6.45) is 2.31. The molecule has 3 N–H and O–H groups in total. The van der Waals surface area contributed by atoms with Crippen LogP contribution in [0.4, 0.5) is 0 Å². The van der Waals surface area contributed by atoms with Crippen LogP contribution in [0.15, 0.2) is 29.6 Å². The molecule has 0 spiro atoms. The number of hydrazine groups is 1. The molecule has 2 unspecified atom stereocenters. The second-order valence-electron chi connectivity index (χ2n) is 4.81. The maximum absolute atomic E-state index is 5.78. The maximum Gasteiger partial charge on any atom is 0.0524 e. The molecule has 0 bridgehead atoms. The number of rotatable bonds is 3. The second-order valence-corrected chi connectivity index (χ2v) is 5.72. The Balaban J connectivity index is 1.95. The van der Waals surface area contributed by atoms with Crippen LogP contribution >= 0.6 is 11.3 Å². The van der Waals surface area contributed by atoms with Gasteiger partial charge in [-0.15, -0.1) is 11.3 Å². The molecule has 1 saturated heterocycles. The molecule has 1 aliphatic rings. The van der Waals surface area contributed by atoms with Gasteiger partial charge in [0.05, 0.1) is 12.6 Å². The van der Waals surface area contributed by atoms with Crippen LogP contribution in [-0.2, 0) is 4.74 Å². The van der Waals surface area contributed by atoms with Gasteiger partial charge in [-0.25, -0.2) is 0 Å². The lowest BCUT2D eigenvalue weighted by Crippen LogP contribution is -2.37. The molecule has 3 nitrogen and oxygen atoms in total. The average Bonchev–Trinajstić information content (AvgIpc) is 2.85. The maximum atomic E-state index is 5.78. The van der Waals surface area contributed by atoms with E-state index in [2.05, 4.69) is 35.1 Å². The van der Waals surface area contributed by atoms with Crippen molar-refractivity contribution in [1.82, 2.24) is 5.43 Å². The summed E-state index contributed by atoms with van der Waals surface area (Å²) in [4.78, 5) is 0. The molecule has 2 heterocycles. The van der Waals surface area contributed by atoms with Gasteiger partial charge in [0.15, 0.2) is 0 Å². The fraction of sp³-hybridized carbons (Fsp3) is 0.429. The monoisotopic (exact) mass is 262 g/mol. The minimum Gasteiger partial charge on any atom is -0.381 e. The molecule has 1 fully saturated rings. The van der Waals surface area contributed by atoms with Crippen LogP contribution in [0.2, 0.25) is 0 Å². The van der Waals surface area contributed by atoms with Gasteiger partial charge in [0, 0.05) is 17.2 Å². The molecule has 2 aromatic rings. The first kappa shape index (κ1) is 12.1. The molecule has 1 aliphatic heterocycles. The van der Waals surface area contributed by atoms with Crippen LogP contribution in [0, 0.1) is 5.92 Å². The van der Waals surface area contributed by atoms with Crippen molar-refractivity contribution >= 4 is 21.4 Å². The highest BCUT2D eigenvalue weighted by molar-refractivity contribution is 7.17. The molecule has 3 rings (SSSR count). The Morgan fingerprint density at radius 1 is 1.39 bits per heavy atom. The Morgan fingerprint density at radius 3 is 3.06 bits per heavy atom. The molecular formula is C14H18N2OS. The van der Waals surface area contributed by atoms with E-state index in [9.17, 15) is 0 Å². The first-order chi connectivity index (χ1) is 8.90. The van der Waals surface area contributed by atoms with E-state index in [0.29, 0.717) is 5.92 Å². The minimum absolute atomic E-state index is 0.196. The summed E-state index contributed by atoms with van der Waals surface area (Å²) in [6, 6.07) is 8.70. The van der Waals surface area contributed by atoms with E-state index >= 15 is 0 Å². The average molecular weight is 262 g/mol. The molecular weight excluding hydrogens is 244 g/mol. The number of hydrogen-bond donors (Lipinski definition) is 2. The van der Waals surface area contributed by atoms with Crippen LogP contribution in [0.1, 0.15) is 24.4 Å². The van der Waals surface area contributed by atoms with Crippen LogP contribution < -0.4 is 11.3 Å². The van der Waals surface area contributed by atoms with Crippen molar-refractivity contribution in [2.75, 3.05) is 13.2 Å². The van der Waals surface area contributed by atoms with E-state index < -0.39 is 0 Å². The predicted octanol–water partition coefficient (Wildman–Crippen LogP) is 2.83. The zero-order chi connectivity index (χ0) is 12.4. The number of thiophene rings is 1. The third-order valence-electron chi connectivity index (χ3n) is 3.69. The Kier molecular flexibility index (Phi) is 3.61. The van der Waals surface area contributed by atoms with Crippen molar-refractivity contribution in [1.29, 1.82) is 0 Å². The normalized spacial score (nSPS) is 22.2.